The summed E-state index contributed by atoms with van der Waals surface area (Å²) in [5.41, 5.74) is 1.35. The number of anilines is 1. The molecule has 1 amide bonds. The number of nitrogens with one attached hydrogen (secondary N) is 1. The van der Waals surface area contributed by atoms with Crippen LogP contribution >= 0.6 is 0 Å². The normalized spacial score (nSPS) is 11.4. The van der Waals surface area contributed by atoms with Gasteiger partial charge in [-0.3, -0.25) is 9.59 Å². The Hall–Kier alpha value is -2.51. The highest BCUT2D eigenvalue weighted by molar-refractivity contribution is 7.89. The van der Waals surface area contributed by atoms with Crippen molar-refractivity contribution in [2.24, 2.45) is 0 Å². The molecule has 6 nitrogen and oxygen atoms in total. The predicted molar refractivity (Wildman–Crippen MR) is 110 cm³/mol. The number of ketones is 1. The van der Waals surface area contributed by atoms with Crippen molar-refractivity contribution in [3.8, 4) is 0 Å². The summed E-state index contributed by atoms with van der Waals surface area (Å²) in [5, 5.41) is 2.72. The van der Waals surface area contributed by atoms with Crippen LogP contribution in [-0.2, 0) is 10.0 Å². The molecule has 2 aromatic rings. The standard InChI is InChI=1S/C21H26N2O4S/c1-4-13-23(14-5-2)28(26,27)20-11-9-17(10-12-20)21(25)22-19-8-6-7-18(15-19)16(3)24/h6-12,15H,4-5,13-14H2,1-3H3,(H,22,25). The number of benzene rings is 2. The number of sulfonamides is 1. The Labute approximate surface area is 166 Å². The van der Waals surface area contributed by atoms with E-state index in [1.807, 2.05) is 13.8 Å². The van der Waals surface area contributed by atoms with Crippen LogP contribution in [0.15, 0.2) is 53.4 Å². The maximum Gasteiger partial charge on any atom is 0.255 e. The number of hydrogen-bond donors (Lipinski definition) is 1. The Morgan fingerprint density at radius 2 is 1.54 bits per heavy atom. The van der Waals surface area contributed by atoms with E-state index in [2.05, 4.69) is 5.32 Å². The van der Waals surface area contributed by atoms with Gasteiger partial charge in [0.2, 0.25) is 10.0 Å². The first kappa shape index (κ1) is 21.8. The third kappa shape index (κ3) is 5.27. The third-order valence-corrected chi connectivity index (χ3v) is 6.14. The molecule has 0 fully saturated rings. The van der Waals surface area contributed by atoms with Gasteiger partial charge in [0.1, 0.15) is 0 Å². The van der Waals surface area contributed by atoms with Crippen molar-refractivity contribution < 1.29 is 18.0 Å². The van der Waals surface area contributed by atoms with Gasteiger partial charge in [0.25, 0.3) is 5.91 Å². The van der Waals surface area contributed by atoms with Gasteiger partial charge < -0.3 is 5.32 Å². The molecule has 0 aliphatic rings. The highest BCUT2D eigenvalue weighted by Gasteiger charge is 2.23. The lowest BCUT2D eigenvalue weighted by atomic mass is 10.1. The average molecular weight is 403 g/mol. The molecule has 0 heterocycles. The number of carbonyl (C=O) groups excluding carboxylic acids is 2. The van der Waals surface area contributed by atoms with Crippen LogP contribution in [0.2, 0.25) is 0 Å². The van der Waals surface area contributed by atoms with E-state index < -0.39 is 10.0 Å². The van der Waals surface area contributed by atoms with Crippen molar-refractivity contribution in [2.75, 3.05) is 18.4 Å². The smallest absolute Gasteiger partial charge is 0.255 e. The Balaban J connectivity index is 2.18. The second kappa shape index (κ2) is 9.61. The molecular formula is C21H26N2O4S. The zero-order valence-corrected chi connectivity index (χ0v) is 17.3. The van der Waals surface area contributed by atoms with E-state index in [0.29, 0.717) is 29.9 Å². The first-order chi connectivity index (χ1) is 13.3. The molecule has 0 aromatic heterocycles. The minimum absolute atomic E-state index is 0.0885. The van der Waals surface area contributed by atoms with E-state index in [-0.39, 0.29) is 16.6 Å². The quantitative estimate of drug-likeness (QED) is 0.644. The largest absolute Gasteiger partial charge is 0.322 e. The van der Waals surface area contributed by atoms with Crippen molar-refractivity contribution >= 4 is 27.4 Å². The fraction of sp³-hybridized carbons (Fsp3) is 0.333. The average Bonchev–Trinajstić information content (AvgIpc) is 2.68. The van der Waals surface area contributed by atoms with Gasteiger partial charge in [-0.25, -0.2) is 8.42 Å². The van der Waals surface area contributed by atoms with Gasteiger partial charge in [0.15, 0.2) is 5.78 Å². The summed E-state index contributed by atoms with van der Waals surface area (Å²) >= 11 is 0. The Kier molecular flexibility index (Phi) is 7.48. The Morgan fingerprint density at radius 1 is 0.929 bits per heavy atom. The first-order valence-electron chi connectivity index (χ1n) is 9.32. The lowest BCUT2D eigenvalue weighted by Crippen LogP contribution is -2.32. The molecule has 0 saturated heterocycles. The van der Waals surface area contributed by atoms with Crippen LogP contribution in [0.5, 0.6) is 0 Å². The van der Waals surface area contributed by atoms with Crippen LogP contribution < -0.4 is 5.32 Å². The van der Waals surface area contributed by atoms with Crippen LogP contribution in [0.1, 0.15) is 54.3 Å². The molecule has 0 saturated carbocycles. The minimum Gasteiger partial charge on any atom is -0.322 e. The molecule has 0 aliphatic carbocycles. The summed E-state index contributed by atoms with van der Waals surface area (Å²) in [6.07, 6.45) is 1.47. The number of rotatable bonds is 9. The van der Waals surface area contributed by atoms with Crippen LogP contribution in [0, 0.1) is 0 Å². The highest BCUT2D eigenvalue weighted by atomic mass is 32.2. The third-order valence-electron chi connectivity index (χ3n) is 4.23. The number of amides is 1. The van der Waals surface area contributed by atoms with Crippen LogP contribution in [-0.4, -0.2) is 37.5 Å². The van der Waals surface area contributed by atoms with Crippen molar-refractivity contribution in [2.45, 2.75) is 38.5 Å². The fourth-order valence-corrected chi connectivity index (χ4v) is 4.42. The highest BCUT2D eigenvalue weighted by Crippen LogP contribution is 2.18. The molecule has 0 spiro atoms. The van der Waals surface area contributed by atoms with Crippen LogP contribution in [0.25, 0.3) is 0 Å². The van der Waals surface area contributed by atoms with Gasteiger partial charge in [-0.15, -0.1) is 0 Å². The monoisotopic (exact) mass is 402 g/mol. The molecule has 0 unspecified atom stereocenters. The van der Waals surface area contributed by atoms with Gasteiger partial charge in [-0.2, -0.15) is 4.31 Å². The number of Topliss-reactive ketones (excluding diaryl/α,β-unsaturated/α-hetero) is 1. The number of hydrogen-bond acceptors (Lipinski definition) is 4. The molecule has 150 valence electrons. The summed E-state index contributed by atoms with van der Waals surface area (Å²) in [6.45, 7) is 6.26. The Bertz CT molecular complexity index is 931. The van der Waals surface area contributed by atoms with E-state index in [1.165, 1.54) is 35.5 Å². The molecule has 7 heteroatoms. The minimum atomic E-state index is -3.58. The number of carbonyl (C=O) groups is 2. The fourth-order valence-electron chi connectivity index (χ4n) is 2.80. The van der Waals surface area contributed by atoms with Gasteiger partial charge in [-0.05, 0) is 56.2 Å². The summed E-state index contributed by atoms with van der Waals surface area (Å²) in [7, 11) is -3.58. The molecule has 1 N–H and O–H groups in total. The van der Waals surface area contributed by atoms with Crippen molar-refractivity contribution in [3.05, 3.63) is 59.7 Å². The van der Waals surface area contributed by atoms with E-state index in [9.17, 15) is 18.0 Å². The summed E-state index contributed by atoms with van der Waals surface area (Å²) in [5.74, 6) is -0.460. The molecule has 2 rings (SSSR count). The first-order valence-corrected chi connectivity index (χ1v) is 10.8. The lowest BCUT2D eigenvalue weighted by Gasteiger charge is -2.21. The topological polar surface area (TPSA) is 83.6 Å². The zero-order valence-electron chi connectivity index (χ0n) is 16.4. The van der Waals surface area contributed by atoms with Crippen LogP contribution in [0.3, 0.4) is 0 Å². The summed E-state index contributed by atoms with van der Waals surface area (Å²) in [6, 6.07) is 12.6. The maximum atomic E-state index is 12.8. The zero-order chi connectivity index (χ0) is 20.7. The summed E-state index contributed by atoms with van der Waals surface area (Å²) < 4.78 is 27.0. The van der Waals surface area contributed by atoms with Crippen molar-refractivity contribution in [3.63, 3.8) is 0 Å². The van der Waals surface area contributed by atoms with Gasteiger partial charge >= 0.3 is 0 Å². The molecule has 0 atom stereocenters. The van der Waals surface area contributed by atoms with E-state index >= 15 is 0 Å². The molecule has 0 bridgehead atoms. The Morgan fingerprint density at radius 3 is 2.07 bits per heavy atom. The molecular weight excluding hydrogens is 376 g/mol. The van der Waals surface area contributed by atoms with E-state index in [4.69, 9.17) is 0 Å². The SMILES string of the molecule is CCCN(CCC)S(=O)(=O)c1ccc(C(=O)Nc2cccc(C(C)=O)c2)cc1. The predicted octanol–water partition coefficient (Wildman–Crippen LogP) is 3.95. The van der Waals surface area contributed by atoms with E-state index in [1.54, 1.807) is 24.3 Å². The molecule has 0 aliphatic heterocycles. The maximum absolute atomic E-state index is 12.8. The van der Waals surface area contributed by atoms with Gasteiger partial charge in [-0.1, -0.05) is 26.0 Å². The van der Waals surface area contributed by atoms with Gasteiger partial charge in [0, 0.05) is 29.9 Å². The van der Waals surface area contributed by atoms with Crippen molar-refractivity contribution in [1.82, 2.24) is 4.31 Å². The molecule has 2 aromatic carbocycles. The lowest BCUT2D eigenvalue weighted by molar-refractivity contribution is 0.101. The van der Waals surface area contributed by atoms with Gasteiger partial charge in [0.05, 0.1) is 4.90 Å². The summed E-state index contributed by atoms with van der Waals surface area (Å²) in [4.78, 5) is 24.1. The van der Waals surface area contributed by atoms with Crippen molar-refractivity contribution in [1.29, 1.82) is 0 Å². The second-order valence-corrected chi connectivity index (χ2v) is 8.46. The second-order valence-electron chi connectivity index (χ2n) is 6.52. The molecule has 28 heavy (non-hydrogen) atoms. The molecule has 0 radical (unpaired) electrons. The van der Waals surface area contributed by atoms with Crippen LogP contribution in [0.4, 0.5) is 5.69 Å². The van der Waals surface area contributed by atoms with E-state index in [0.717, 1.165) is 12.8 Å². The number of nitrogens with zero attached hydrogens (tertiary/aromatic N) is 1.